The van der Waals surface area contributed by atoms with Crippen LogP contribution in [0, 0.1) is 17.4 Å². The summed E-state index contributed by atoms with van der Waals surface area (Å²) in [4.78, 5) is 4.34. The minimum Gasteiger partial charge on any atom is -0.493 e. The summed E-state index contributed by atoms with van der Waals surface area (Å²) >= 11 is 0. The average molecular weight is 481 g/mol. The molecule has 1 aliphatic carbocycles. The van der Waals surface area contributed by atoms with E-state index in [1.54, 1.807) is 21.3 Å². The second-order valence-corrected chi connectivity index (χ2v) is 8.70. The van der Waals surface area contributed by atoms with E-state index in [0.29, 0.717) is 25.0 Å². The average Bonchev–Trinajstić information content (AvgIpc) is 3.30. The number of hydrogen-bond acceptors (Lipinski definition) is 6. The molecule has 8 nitrogen and oxygen atoms in total. The zero-order chi connectivity index (χ0) is 25.0. The van der Waals surface area contributed by atoms with Gasteiger partial charge in [-0.05, 0) is 59.9 Å². The second kappa shape index (κ2) is 13.6. The molecule has 35 heavy (non-hydrogen) atoms. The van der Waals surface area contributed by atoms with Crippen LogP contribution in [0.4, 0.5) is 0 Å². The fourth-order valence-electron chi connectivity index (χ4n) is 4.27. The lowest BCUT2D eigenvalue weighted by molar-refractivity contribution is -0.0937. The Morgan fingerprint density at radius 3 is 2.43 bits per heavy atom. The Kier molecular flexibility index (Phi) is 10.2. The van der Waals surface area contributed by atoms with Gasteiger partial charge in [0.1, 0.15) is 0 Å². The van der Waals surface area contributed by atoms with Crippen molar-refractivity contribution in [2.45, 2.75) is 38.4 Å². The van der Waals surface area contributed by atoms with Gasteiger partial charge in [-0.3, -0.25) is 5.32 Å². The molecule has 0 spiro atoms. The number of ether oxygens (including phenoxy) is 4. The lowest BCUT2D eigenvalue weighted by atomic mass is 10.0. The molecule has 0 aliphatic heterocycles. The Morgan fingerprint density at radius 2 is 1.80 bits per heavy atom. The zero-order valence-electron chi connectivity index (χ0n) is 21.0. The van der Waals surface area contributed by atoms with Crippen molar-refractivity contribution in [1.29, 1.82) is 5.26 Å². The van der Waals surface area contributed by atoms with Crippen molar-refractivity contribution in [3.8, 4) is 17.7 Å². The second-order valence-electron chi connectivity index (χ2n) is 8.70. The Morgan fingerprint density at radius 1 is 1.09 bits per heavy atom. The van der Waals surface area contributed by atoms with Crippen LogP contribution in [0.1, 0.15) is 36.0 Å². The summed E-state index contributed by atoms with van der Waals surface area (Å²) in [6, 6.07) is 14.7. The molecule has 2 aromatic rings. The summed E-state index contributed by atoms with van der Waals surface area (Å²) in [5.41, 5.74) is 4.03. The maximum Gasteiger partial charge on any atom is 0.204 e. The van der Waals surface area contributed by atoms with Gasteiger partial charge in [-0.1, -0.05) is 37.3 Å². The van der Waals surface area contributed by atoms with Gasteiger partial charge in [0.25, 0.3) is 0 Å². The molecular formula is C27H36N4O4. The van der Waals surface area contributed by atoms with E-state index in [9.17, 15) is 0 Å². The summed E-state index contributed by atoms with van der Waals surface area (Å²) in [6.07, 6.45) is 4.68. The lowest BCUT2D eigenvalue weighted by Gasteiger charge is -2.18. The lowest BCUT2D eigenvalue weighted by Crippen LogP contribution is -2.37. The molecule has 0 heterocycles. The first-order valence-electron chi connectivity index (χ1n) is 11.9. The van der Waals surface area contributed by atoms with Crippen LogP contribution in [0.15, 0.2) is 47.5 Å². The Balaban J connectivity index is 1.55. The number of nitrogens with one attached hydrogen (secondary N) is 2. The van der Waals surface area contributed by atoms with Gasteiger partial charge in [0.05, 0.1) is 20.3 Å². The molecule has 188 valence electrons. The molecule has 8 heteroatoms. The van der Waals surface area contributed by atoms with Crippen LogP contribution in [0.2, 0.25) is 0 Å². The van der Waals surface area contributed by atoms with Gasteiger partial charge in [0.2, 0.25) is 5.96 Å². The molecule has 0 fully saturated rings. The number of nitriles is 1. The van der Waals surface area contributed by atoms with Gasteiger partial charge >= 0.3 is 0 Å². The smallest absolute Gasteiger partial charge is 0.204 e. The van der Waals surface area contributed by atoms with E-state index < -0.39 is 6.29 Å². The minimum absolute atomic E-state index is 0.138. The number of hydrogen-bond donors (Lipinski definition) is 2. The fourth-order valence-corrected chi connectivity index (χ4v) is 4.27. The monoisotopic (exact) mass is 480 g/mol. The highest BCUT2D eigenvalue weighted by molar-refractivity contribution is 5.81. The highest BCUT2D eigenvalue weighted by Crippen LogP contribution is 2.32. The number of fused-ring (bicyclic) bond motifs is 1. The van der Waals surface area contributed by atoms with Crippen molar-refractivity contribution in [3.63, 3.8) is 0 Å². The Labute approximate surface area is 208 Å². The van der Waals surface area contributed by atoms with Crippen LogP contribution in [-0.2, 0) is 22.3 Å². The first-order valence-corrected chi connectivity index (χ1v) is 11.9. The van der Waals surface area contributed by atoms with E-state index >= 15 is 0 Å². The molecule has 0 saturated heterocycles. The van der Waals surface area contributed by atoms with Gasteiger partial charge in [0.15, 0.2) is 24.0 Å². The third kappa shape index (κ3) is 7.61. The highest BCUT2D eigenvalue weighted by Gasteiger charge is 2.21. The highest BCUT2D eigenvalue weighted by atomic mass is 16.7. The van der Waals surface area contributed by atoms with Crippen LogP contribution in [0.3, 0.4) is 0 Å². The van der Waals surface area contributed by atoms with E-state index in [-0.39, 0.29) is 12.5 Å². The van der Waals surface area contributed by atoms with Crippen LogP contribution < -0.4 is 20.1 Å². The third-order valence-electron chi connectivity index (χ3n) is 6.35. The van der Waals surface area contributed by atoms with Crippen molar-refractivity contribution in [1.82, 2.24) is 10.6 Å². The number of rotatable bonds is 12. The van der Waals surface area contributed by atoms with Crippen molar-refractivity contribution < 1.29 is 18.9 Å². The van der Waals surface area contributed by atoms with Crippen LogP contribution >= 0.6 is 0 Å². The van der Waals surface area contributed by atoms with Gasteiger partial charge in [0, 0.05) is 20.8 Å². The molecular weight excluding hydrogens is 444 g/mol. The third-order valence-corrected chi connectivity index (χ3v) is 6.35. The molecule has 1 aliphatic rings. The van der Waals surface area contributed by atoms with Crippen LogP contribution in [-0.4, -0.2) is 53.3 Å². The Hall–Kier alpha value is -3.28. The first-order chi connectivity index (χ1) is 17.1. The summed E-state index contributed by atoms with van der Waals surface area (Å²) in [7, 11) is 4.75. The summed E-state index contributed by atoms with van der Waals surface area (Å²) < 4.78 is 22.0. The van der Waals surface area contributed by atoms with Crippen LogP contribution in [0.5, 0.6) is 11.5 Å². The topological polar surface area (TPSA) is 97.1 Å². The SMILES string of the molecule is COc1ccc(C(C)CNC(=NCC(OC)OC)NC#N)cc1OCCC1Cc2ccccc2C1. The molecule has 0 amide bonds. The fraction of sp³-hybridized carbons (Fsp3) is 0.481. The van der Waals surface area contributed by atoms with E-state index in [2.05, 4.69) is 46.8 Å². The molecule has 0 radical (unpaired) electrons. The Bertz CT molecular complexity index is 991. The van der Waals surface area contributed by atoms with E-state index in [4.69, 9.17) is 24.2 Å². The molecule has 3 rings (SSSR count). The molecule has 0 bridgehead atoms. The standard InChI is InChI=1S/C27H36N4O4/c1-19(16-29-27(31-18-28)30-17-26(33-3)34-4)21-9-10-24(32-2)25(15-21)35-12-11-20-13-22-7-5-6-8-23(22)14-20/h5-10,15,19-20,26H,11-14,16-17H2,1-4H3,(H2,29,30,31). The number of guanidine groups is 1. The number of benzene rings is 2. The van der Waals surface area contributed by atoms with E-state index in [0.717, 1.165) is 36.3 Å². The van der Waals surface area contributed by atoms with Crippen LogP contribution in [0.25, 0.3) is 0 Å². The van der Waals surface area contributed by atoms with Gasteiger partial charge < -0.3 is 24.3 Å². The maximum atomic E-state index is 9.03. The first kappa shape index (κ1) is 26.3. The quantitative estimate of drug-likeness (QED) is 0.157. The minimum atomic E-state index is -0.468. The van der Waals surface area contributed by atoms with Crippen molar-refractivity contribution in [2.75, 3.05) is 41.0 Å². The van der Waals surface area contributed by atoms with Crippen molar-refractivity contribution >= 4 is 5.96 Å². The van der Waals surface area contributed by atoms with Gasteiger partial charge in [-0.15, -0.1) is 0 Å². The molecule has 0 saturated carbocycles. The van der Waals surface area contributed by atoms with Crippen molar-refractivity contribution in [2.24, 2.45) is 10.9 Å². The number of nitrogens with zero attached hydrogens (tertiary/aromatic N) is 2. The molecule has 2 aromatic carbocycles. The van der Waals surface area contributed by atoms with E-state index in [1.807, 2.05) is 24.4 Å². The molecule has 1 atom stereocenters. The van der Waals surface area contributed by atoms with E-state index in [1.165, 1.54) is 11.1 Å². The summed E-state index contributed by atoms with van der Waals surface area (Å²) in [6.45, 7) is 3.59. The number of aliphatic imine (C=N–C) groups is 1. The summed E-state index contributed by atoms with van der Waals surface area (Å²) in [5, 5.41) is 14.8. The molecule has 0 aromatic heterocycles. The van der Waals surface area contributed by atoms with Gasteiger partial charge in [-0.2, -0.15) is 5.26 Å². The molecule has 2 N–H and O–H groups in total. The maximum absolute atomic E-state index is 9.03. The number of methoxy groups -OCH3 is 3. The predicted molar refractivity (Wildman–Crippen MR) is 136 cm³/mol. The van der Waals surface area contributed by atoms with Crippen molar-refractivity contribution in [3.05, 3.63) is 59.2 Å². The summed E-state index contributed by atoms with van der Waals surface area (Å²) in [5.74, 6) is 2.60. The zero-order valence-corrected chi connectivity index (χ0v) is 21.0. The predicted octanol–water partition coefficient (Wildman–Crippen LogP) is 3.62. The van der Waals surface area contributed by atoms with Gasteiger partial charge in [-0.25, -0.2) is 4.99 Å². The largest absolute Gasteiger partial charge is 0.493 e. The molecule has 1 unspecified atom stereocenters. The normalized spacial score (nSPS) is 14.3.